The first kappa shape index (κ1) is 11.3. The van der Waals surface area contributed by atoms with Crippen LogP contribution >= 0.6 is 22.6 Å². The van der Waals surface area contributed by atoms with E-state index in [1.165, 1.54) is 9.13 Å². The van der Waals surface area contributed by atoms with Crippen LogP contribution in [-0.4, -0.2) is 17.9 Å². The van der Waals surface area contributed by atoms with Gasteiger partial charge in [0.25, 0.3) is 0 Å². The number of carboxylic acid groups (broad SMARTS) is 1. The average molecular weight is 306 g/mol. The number of benzene rings is 1. The lowest BCUT2D eigenvalue weighted by atomic mass is 10.1. The predicted octanol–water partition coefficient (Wildman–Crippen LogP) is 2.92. The van der Waals surface area contributed by atoms with E-state index in [0.29, 0.717) is 0 Å². The molecule has 1 rings (SSSR count). The fourth-order valence-corrected chi connectivity index (χ4v) is 1.45. The van der Waals surface area contributed by atoms with Gasteiger partial charge in [0.1, 0.15) is 0 Å². The van der Waals surface area contributed by atoms with Crippen molar-refractivity contribution in [2.24, 2.45) is 0 Å². The second kappa shape index (κ2) is 5.85. The molecule has 0 atom stereocenters. The van der Waals surface area contributed by atoms with E-state index in [1.807, 2.05) is 24.3 Å². The molecule has 0 unspecified atom stereocenters. The highest BCUT2D eigenvalue weighted by Crippen LogP contribution is 2.08. The van der Waals surface area contributed by atoms with Crippen LogP contribution in [-0.2, 0) is 11.2 Å². The molecule has 76 valence electrons. The third-order valence-electron chi connectivity index (χ3n) is 1.75. The monoisotopic (exact) mass is 306 g/mol. The lowest BCUT2D eigenvalue weighted by Crippen LogP contribution is -2.02. The van der Waals surface area contributed by atoms with Gasteiger partial charge >= 0.3 is 6.16 Å². The van der Waals surface area contributed by atoms with Crippen molar-refractivity contribution in [3.05, 3.63) is 33.4 Å². The summed E-state index contributed by atoms with van der Waals surface area (Å²) in [6.07, 6.45) is 0.379. The number of ether oxygens (including phenoxy) is 1. The molecule has 0 fully saturated rings. The molecule has 0 saturated carbocycles. The molecule has 0 heterocycles. The molecule has 4 heteroatoms. The summed E-state index contributed by atoms with van der Waals surface area (Å²) in [6.45, 7) is 0.265. The Balaban J connectivity index is 2.25. The van der Waals surface area contributed by atoms with Crippen LogP contribution in [0.15, 0.2) is 24.3 Å². The molecule has 0 spiro atoms. The summed E-state index contributed by atoms with van der Waals surface area (Å²) in [4.78, 5) is 10.0. The molecule has 0 saturated heterocycles. The van der Waals surface area contributed by atoms with Crippen LogP contribution in [0.5, 0.6) is 0 Å². The van der Waals surface area contributed by atoms with Crippen LogP contribution in [0.25, 0.3) is 0 Å². The van der Waals surface area contributed by atoms with Crippen molar-refractivity contribution in [3.8, 4) is 0 Å². The number of aryl methyl sites for hydroxylation is 1. The lowest BCUT2D eigenvalue weighted by Gasteiger charge is -2.01. The van der Waals surface area contributed by atoms with Crippen LogP contribution in [0.3, 0.4) is 0 Å². The Kier molecular flexibility index (Phi) is 4.72. The van der Waals surface area contributed by atoms with Crippen LogP contribution in [0, 0.1) is 3.57 Å². The minimum absolute atomic E-state index is 0.265. The van der Waals surface area contributed by atoms with Gasteiger partial charge in [-0.3, -0.25) is 0 Å². The fraction of sp³-hybridized carbons (Fsp3) is 0.300. The Hall–Kier alpha value is -0.780. The largest absolute Gasteiger partial charge is 0.505 e. The molecule has 1 N–H and O–H groups in total. The maximum atomic E-state index is 10.0. The van der Waals surface area contributed by atoms with E-state index in [9.17, 15) is 4.79 Å². The number of hydrogen-bond acceptors (Lipinski definition) is 2. The summed E-state index contributed by atoms with van der Waals surface area (Å²) in [5.41, 5.74) is 1.21. The van der Waals surface area contributed by atoms with Crippen molar-refractivity contribution in [1.82, 2.24) is 0 Å². The molecule has 3 nitrogen and oxygen atoms in total. The maximum Gasteiger partial charge on any atom is 0.505 e. The van der Waals surface area contributed by atoms with E-state index in [-0.39, 0.29) is 6.61 Å². The maximum absolute atomic E-state index is 10.0. The molecule has 0 aliphatic carbocycles. The topological polar surface area (TPSA) is 46.5 Å². The highest BCUT2D eigenvalue weighted by Gasteiger charge is 1.97. The van der Waals surface area contributed by atoms with Crippen LogP contribution in [0.2, 0.25) is 0 Å². The highest BCUT2D eigenvalue weighted by molar-refractivity contribution is 14.1. The lowest BCUT2D eigenvalue weighted by molar-refractivity contribution is 0.0907. The van der Waals surface area contributed by atoms with Gasteiger partial charge in [-0.05, 0) is 53.1 Å². The molecule has 1 aromatic rings. The second-order valence-electron chi connectivity index (χ2n) is 2.84. The first-order valence-corrected chi connectivity index (χ1v) is 5.36. The fourth-order valence-electron chi connectivity index (χ4n) is 1.09. The third-order valence-corrected chi connectivity index (χ3v) is 2.47. The first-order chi connectivity index (χ1) is 6.68. The Morgan fingerprint density at radius 1 is 1.36 bits per heavy atom. The smallest absolute Gasteiger partial charge is 0.450 e. The van der Waals surface area contributed by atoms with Gasteiger partial charge in [0.15, 0.2) is 0 Å². The molecule has 0 aliphatic heterocycles. The summed E-state index contributed by atoms with van der Waals surface area (Å²) in [7, 11) is 0. The van der Waals surface area contributed by atoms with Gasteiger partial charge in [0.2, 0.25) is 0 Å². The van der Waals surface area contributed by atoms with E-state index in [1.54, 1.807) is 0 Å². The van der Waals surface area contributed by atoms with Gasteiger partial charge in [0.05, 0.1) is 6.61 Å². The number of halogens is 1. The number of carbonyl (C=O) groups is 1. The zero-order valence-corrected chi connectivity index (χ0v) is 9.73. The molecule has 0 bridgehead atoms. The van der Waals surface area contributed by atoms with Crippen molar-refractivity contribution in [2.75, 3.05) is 6.61 Å². The summed E-state index contributed by atoms with van der Waals surface area (Å²) >= 11 is 2.25. The average Bonchev–Trinajstić information content (AvgIpc) is 2.15. The Morgan fingerprint density at radius 3 is 2.57 bits per heavy atom. The summed E-state index contributed by atoms with van der Waals surface area (Å²) in [5.74, 6) is 0. The second-order valence-corrected chi connectivity index (χ2v) is 4.09. The third kappa shape index (κ3) is 4.45. The van der Waals surface area contributed by atoms with E-state index in [2.05, 4.69) is 27.3 Å². The number of hydrogen-bond donors (Lipinski definition) is 1. The van der Waals surface area contributed by atoms with Crippen molar-refractivity contribution in [2.45, 2.75) is 12.8 Å². The zero-order valence-electron chi connectivity index (χ0n) is 7.57. The first-order valence-electron chi connectivity index (χ1n) is 4.28. The molecule has 0 radical (unpaired) electrons. The van der Waals surface area contributed by atoms with E-state index >= 15 is 0 Å². The van der Waals surface area contributed by atoms with E-state index in [0.717, 1.165) is 12.8 Å². The highest BCUT2D eigenvalue weighted by atomic mass is 127. The SMILES string of the molecule is O=C(O)OCCCc1ccc(I)cc1. The van der Waals surface area contributed by atoms with Gasteiger partial charge < -0.3 is 9.84 Å². The molecule has 0 aliphatic rings. The molecular weight excluding hydrogens is 295 g/mol. The Morgan fingerprint density at radius 2 is 2.00 bits per heavy atom. The minimum Gasteiger partial charge on any atom is -0.450 e. The van der Waals surface area contributed by atoms with Crippen molar-refractivity contribution < 1.29 is 14.6 Å². The normalized spacial score (nSPS) is 9.79. The quantitative estimate of drug-likeness (QED) is 0.528. The standard InChI is InChI=1S/C10H11IO3/c11-9-5-3-8(4-6-9)2-1-7-14-10(12)13/h3-6H,1-2,7H2,(H,12,13). The minimum atomic E-state index is -1.20. The Bertz CT molecular complexity index is 295. The number of rotatable bonds is 4. The molecule has 1 aromatic carbocycles. The van der Waals surface area contributed by atoms with Gasteiger partial charge in [-0.2, -0.15) is 0 Å². The van der Waals surface area contributed by atoms with E-state index < -0.39 is 6.16 Å². The van der Waals surface area contributed by atoms with Gasteiger partial charge in [-0.25, -0.2) is 4.79 Å². The summed E-state index contributed by atoms with van der Waals surface area (Å²) < 4.78 is 5.60. The molecule has 14 heavy (non-hydrogen) atoms. The van der Waals surface area contributed by atoms with Gasteiger partial charge in [0, 0.05) is 3.57 Å². The van der Waals surface area contributed by atoms with Gasteiger partial charge in [-0.15, -0.1) is 0 Å². The molecule has 0 aromatic heterocycles. The molecule has 0 amide bonds. The zero-order chi connectivity index (χ0) is 10.4. The predicted molar refractivity (Wildman–Crippen MR) is 61.5 cm³/mol. The van der Waals surface area contributed by atoms with Gasteiger partial charge in [-0.1, -0.05) is 12.1 Å². The van der Waals surface area contributed by atoms with Crippen molar-refractivity contribution in [3.63, 3.8) is 0 Å². The van der Waals surface area contributed by atoms with Crippen LogP contribution in [0.4, 0.5) is 4.79 Å². The Labute approximate surface area is 96.2 Å². The van der Waals surface area contributed by atoms with Crippen LogP contribution < -0.4 is 0 Å². The summed E-state index contributed by atoms with van der Waals surface area (Å²) in [5, 5.41) is 8.22. The van der Waals surface area contributed by atoms with Crippen molar-refractivity contribution in [1.29, 1.82) is 0 Å². The summed E-state index contributed by atoms with van der Waals surface area (Å²) in [6, 6.07) is 8.16. The van der Waals surface area contributed by atoms with E-state index in [4.69, 9.17) is 5.11 Å². The van der Waals surface area contributed by atoms with Crippen molar-refractivity contribution >= 4 is 28.7 Å². The van der Waals surface area contributed by atoms with Crippen LogP contribution in [0.1, 0.15) is 12.0 Å². The molecular formula is C10H11IO3.